The molecule has 0 spiro atoms. The third kappa shape index (κ3) is 1.99. The van der Waals surface area contributed by atoms with E-state index < -0.39 is 24.0 Å². The molecule has 0 unspecified atom stereocenters. The smallest absolute Gasteiger partial charge is 0.345 e. The Balaban J connectivity index is 2.26. The molecule has 0 aliphatic carbocycles. The van der Waals surface area contributed by atoms with E-state index in [1.807, 2.05) is 0 Å². The molecule has 6 heteroatoms. The van der Waals surface area contributed by atoms with Gasteiger partial charge in [0.2, 0.25) is 0 Å². The predicted octanol–water partition coefficient (Wildman–Crippen LogP) is -0.738. The largest absolute Gasteiger partial charge is 0.394 e. The van der Waals surface area contributed by atoms with E-state index in [4.69, 9.17) is 9.84 Å². The number of aliphatic hydroxyl groups excluding tert-OH is 2. The van der Waals surface area contributed by atoms with Crippen LogP contribution in [0.5, 0.6) is 0 Å². The Labute approximate surface area is 91.9 Å². The van der Waals surface area contributed by atoms with Gasteiger partial charge >= 0.3 is 5.69 Å². The van der Waals surface area contributed by atoms with Crippen LogP contribution in [0, 0.1) is 6.92 Å². The van der Waals surface area contributed by atoms with Gasteiger partial charge in [-0.3, -0.25) is 0 Å². The minimum atomic E-state index is -0.713. The lowest BCUT2D eigenvalue weighted by Gasteiger charge is -2.12. The van der Waals surface area contributed by atoms with Crippen molar-refractivity contribution < 1.29 is 14.9 Å². The lowest BCUT2D eigenvalue weighted by molar-refractivity contribution is -0.0238. The monoisotopic (exact) mass is 226 g/mol. The fraction of sp³-hybridized carbons (Fsp3) is 0.600. The maximum absolute atomic E-state index is 11.1. The molecule has 88 valence electrons. The SMILES string of the molecule is Cc1c[nH]c(=O)nc1[C@H]1C[C@H](O)[C@@H](CO)O1. The summed E-state index contributed by atoms with van der Waals surface area (Å²) in [6.07, 6.45) is 0.185. The molecule has 1 aromatic rings. The summed E-state index contributed by atoms with van der Waals surface area (Å²) in [7, 11) is 0. The van der Waals surface area contributed by atoms with Crippen molar-refractivity contribution in [2.24, 2.45) is 0 Å². The first-order valence-electron chi connectivity index (χ1n) is 5.12. The van der Waals surface area contributed by atoms with Gasteiger partial charge in [0.1, 0.15) is 12.2 Å². The highest BCUT2D eigenvalue weighted by Crippen LogP contribution is 2.32. The zero-order valence-corrected chi connectivity index (χ0v) is 8.88. The number of nitrogens with zero attached hydrogens (tertiary/aromatic N) is 1. The highest BCUT2D eigenvalue weighted by Gasteiger charge is 2.35. The number of aromatic nitrogens is 2. The van der Waals surface area contributed by atoms with E-state index in [1.54, 1.807) is 13.1 Å². The van der Waals surface area contributed by atoms with Crippen LogP contribution in [0.4, 0.5) is 0 Å². The summed E-state index contributed by atoms with van der Waals surface area (Å²) < 4.78 is 5.43. The molecule has 3 atom stereocenters. The van der Waals surface area contributed by atoms with Crippen molar-refractivity contribution in [3.63, 3.8) is 0 Å². The van der Waals surface area contributed by atoms with Crippen LogP contribution in [0.1, 0.15) is 23.8 Å². The Morgan fingerprint density at radius 1 is 1.69 bits per heavy atom. The van der Waals surface area contributed by atoms with Gasteiger partial charge in [0.25, 0.3) is 0 Å². The van der Waals surface area contributed by atoms with Crippen LogP contribution in [-0.2, 0) is 4.74 Å². The first kappa shape index (κ1) is 11.3. The maximum atomic E-state index is 11.1. The lowest BCUT2D eigenvalue weighted by Crippen LogP contribution is -2.24. The van der Waals surface area contributed by atoms with E-state index in [0.717, 1.165) is 5.56 Å². The fourth-order valence-electron chi connectivity index (χ4n) is 1.87. The Bertz CT molecular complexity index is 431. The Kier molecular flexibility index (Phi) is 3.04. The molecular formula is C10H14N2O4. The molecule has 1 aliphatic heterocycles. The number of H-pyrrole nitrogens is 1. The highest BCUT2D eigenvalue weighted by atomic mass is 16.5. The van der Waals surface area contributed by atoms with Gasteiger partial charge in [0.15, 0.2) is 0 Å². The second kappa shape index (κ2) is 4.32. The van der Waals surface area contributed by atoms with E-state index >= 15 is 0 Å². The summed E-state index contributed by atoms with van der Waals surface area (Å²) in [5, 5.41) is 18.5. The van der Waals surface area contributed by atoms with Crippen LogP contribution in [0.25, 0.3) is 0 Å². The van der Waals surface area contributed by atoms with Crippen molar-refractivity contribution in [2.75, 3.05) is 6.61 Å². The molecular weight excluding hydrogens is 212 g/mol. The third-order valence-electron chi connectivity index (χ3n) is 2.75. The van der Waals surface area contributed by atoms with Gasteiger partial charge in [-0.2, -0.15) is 4.98 Å². The summed E-state index contributed by atoms with van der Waals surface area (Å²) in [6, 6.07) is 0. The topological polar surface area (TPSA) is 95.4 Å². The summed E-state index contributed by atoms with van der Waals surface area (Å²) in [6.45, 7) is 1.57. The first-order valence-corrected chi connectivity index (χ1v) is 5.12. The van der Waals surface area contributed by atoms with Gasteiger partial charge in [-0.15, -0.1) is 0 Å². The average molecular weight is 226 g/mol. The molecule has 2 heterocycles. The summed E-state index contributed by atoms with van der Waals surface area (Å²) in [4.78, 5) is 17.4. The number of aliphatic hydroxyl groups is 2. The van der Waals surface area contributed by atoms with E-state index in [-0.39, 0.29) is 6.61 Å². The highest BCUT2D eigenvalue weighted by molar-refractivity contribution is 5.17. The number of nitrogens with one attached hydrogen (secondary N) is 1. The van der Waals surface area contributed by atoms with Crippen LogP contribution in [0.3, 0.4) is 0 Å². The van der Waals surface area contributed by atoms with Crippen LogP contribution in [0.2, 0.25) is 0 Å². The zero-order chi connectivity index (χ0) is 11.7. The van der Waals surface area contributed by atoms with E-state index in [2.05, 4.69) is 9.97 Å². The Morgan fingerprint density at radius 3 is 3.06 bits per heavy atom. The molecule has 6 nitrogen and oxygen atoms in total. The normalized spacial score (nSPS) is 29.6. The molecule has 1 saturated heterocycles. The van der Waals surface area contributed by atoms with Crippen LogP contribution >= 0.6 is 0 Å². The van der Waals surface area contributed by atoms with Gasteiger partial charge in [-0.05, 0) is 12.5 Å². The Morgan fingerprint density at radius 2 is 2.44 bits per heavy atom. The molecule has 0 radical (unpaired) electrons. The van der Waals surface area contributed by atoms with Gasteiger partial charge in [0, 0.05) is 12.6 Å². The molecule has 0 aromatic carbocycles. The summed E-state index contributed by atoms with van der Waals surface area (Å²) >= 11 is 0. The van der Waals surface area contributed by atoms with Crippen molar-refractivity contribution >= 4 is 0 Å². The molecule has 2 rings (SSSR count). The van der Waals surface area contributed by atoms with Crippen molar-refractivity contribution in [1.82, 2.24) is 9.97 Å². The maximum Gasteiger partial charge on any atom is 0.345 e. The molecule has 0 amide bonds. The molecule has 0 bridgehead atoms. The van der Waals surface area contributed by atoms with Gasteiger partial charge in [-0.25, -0.2) is 4.79 Å². The number of hydrogen-bond donors (Lipinski definition) is 3. The number of rotatable bonds is 2. The van der Waals surface area contributed by atoms with Gasteiger partial charge in [0.05, 0.1) is 18.4 Å². The van der Waals surface area contributed by atoms with Crippen LogP contribution in [-0.4, -0.2) is 39.0 Å². The predicted molar refractivity (Wildman–Crippen MR) is 54.9 cm³/mol. The zero-order valence-electron chi connectivity index (χ0n) is 8.88. The van der Waals surface area contributed by atoms with Crippen molar-refractivity contribution in [3.05, 3.63) is 27.9 Å². The molecule has 1 fully saturated rings. The first-order chi connectivity index (χ1) is 7.61. The molecule has 1 aromatic heterocycles. The average Bonchev–Trinajstić information content (AvgIpc) is 2.63. The number of ether oxygens (including phenoxy) is 1. The van der Waals surface area contributed by atoms with Gasteiger partial charge < -0.3 is 19.9 Å². The standard InChI is InChI=1S/C10H14N2O4/c1-5-3-11-10(15)12-9(5)7-2-6(14)8(4-13)16-7/h3,6-8,13-14H,2,4H2,1H3,(H,11,12,15)/t6-,7+,8+/m0/s1. The van der Waals surface area contributed by atoms with E-state index in [9.17, 15) is 9.90 Å². The minimum absolute atomic E-state index is 0.236. The number of aryl methyl sites for hydroxylation is 1. The summed E-state index contributed by atoms with van der Waals surface area (Å²) in [5.41, 5.74) is 0.889. The van der Waals surface area contributed by atoms with E-state index in [1.165, 1.54) is 0 Å². The quantitative estimate of drug-likeness (QED) is 0.617. The number of aromatic amines is 1. The molecule has 3 N–H and O–H groups in total. The summed E-state index contributed by atoms with van der Waals surface area (Å²) in [5.74, 6) is 0. The fourth-order valence-corrected chi connectivity index (χ4v) is 1.87. The van der Waals surface area contributed by atoms with Crippen molar-refractivity contribution in [3.8, 4) is 0 Å². The second-order valence-electron chi connectivity index (χ2n) is 3.92. The molecule has 1 aliphatic rings. The Hall–Kier alpha value is -1.24. The van der Waals surface area contributed by atoms with Crippen LogP contribution < -0.4 is 5.69 Å². The van der Waals surface area contributed by atoms with Crippen LogP contribution in [0.15, 0.2) is 11.0 Å². The lowest BCUT2D eigenvalue weighted by atomic mass is 10.1. The van der Waals surface area contributed by atoms with E-state index in [0.29, 0.717) is 12.1 Å². The van der Waals surface area contributed by atoms with Crippen molar-refractivity contribution in [2.45, 2.75) is 31.7 Å². The molecule has 0 saturated carbocycles. The minimum Gasteiger partial charge on any atom is -0.394 e. The molecule has 16 heavy (non-hydrogen) atoms. The second-order valence-corrected chi connectivity index (χ2v) is 3.92. The third-order valence-corrected chi connectivity index (χ3v) is 2.75. The van der Waals surface area contributed by atoms with Crippen molar-refractivity contribution in [1.29, 1.82) is 0 Å². The number of hydrogen-bond acceptors (Lipinski definition) is 5. The van der Waals surface area contributed by atoms with Gasteiger partial charge in [-0.1, -0.05) is 0 Å².